The van der Waals surface area contributed by atoms with Gasteiger partial charge in [-0.1, -0.05) is 50.1 Å². The molecule has 0 spiro atoms. The van der Waals surface area contributed by atoms with Crippen LogP contribution in [0.25, 0.3) is 0 Å². The van der Waals surface area contributed by atoms with Gasteiger partial charge in [-0.3, -0.25) is 11.3 Å². The Labute approximate surface area is 142 Å². The Morgan fingerprint density at radius 2 is 1.86 bits per heavy atom. The van der Waals surface area contributed by atoms with Gasteiger partial charge in [0.25, 0.3) is 0 Å². The van der Waals surface area contributed by atoms with Crippen LogP contribution in [0.15, 0.2) is 45.3 Å². The van der Waals surface area contributed by atoms with Gasteiger partial charge in [-0.05, 0) is 66.1 Å². The third-order valence-electron chi connectivity index (χ3n) is 4.14. The lowest BCUT2D eigenvalue weighted by Crippen LogP contribution is -2.29. The first-order valence-electron chi connectivity index (χ1n) is 7.19. The van der Waals surface area contributed by atoms with Crippen molar-refractivity contribution < 1.29 is 0 Å². The van der Waals surface area contributed by atoms with E-state index in [0.29, 0.717) is 0 Å². The minimum atomic E-state index is 0.0938. The summed E-state index contributed by atoms with van der Waals surface area (Å²) < 4.78 is 2.14. The summed E-state index contributed by atoms with van der Waals surface area (Å²) in [7, 11) is 0. The molecule has 0 aliphatic heterocycles. The number of benzene rings is 2. The first kappa shape index (κ1) is 15.2. The van der Waals surface area contributed by atoms with Gasteiger partial charge in [0.15, 0.2) is 0 Å². The number of nitrogens with two attached hydrogens (primary N) is 1. The van der Waals surface area contributed by atoms with Gasteiger partial charge in [-0.2, -0.15) is 0 Å². The quantitative estimate of drug-likeness (QED) is 0.578. The highest BCUT2D eigenvalue weighted by atomic mass is 79.9. The first-order chi connectivity index (χ1) is 10.2. The number of hydrazine groups is 1. The van der Waals surface area contributed by atoms with Crippen LogP contribution in [-0.2, 0) is 19.3 Å². The smallest absolute Gasteiger partial charge is 0.0511 e. The monoisotopic (exact) mass is 408 g/mol. The number of rotatable bonds is 4. The molecular formula is C17H18Br2N2. The molecule has 0 heterocycles. The number of halogens is 2. The molecule has 21 heavy (non-hydrogen) atoms. The molecule has 0 aromatic heterocycles. The topological polar surface area (TPSA) is 38.0 Å². The number of hydrogen-bond donors (Lipinski definition) is 2. The van der Waals surface area contributed by atoms with Crippen LogP contribution in [0.1, 0.15) is 34.7 Å². The Hall–Kier alpha value is -0.680. The van der Waals surface area contributed by atoms with E-state index >= 15 is 0 Å². The molecule has 2 aromatic rings. The molecule has 2 aromatic carbocycles. The molecule has 0 bridgehead atoms. The summed E-state index contributed by atoms with van der Waals surface area (Å²) in [4.78, 5) is 0. The Kier molecular flexibility index (Phi) is 4.79. The van der Waals surface area contributed by atoms with Crippen molar-refractivity contribution in [2.75, 3.05) is 0 Å². The van der Waals surface area contributed by atoms with Gasteiger partial charge in [-0.15, -0.1) is 0 Å². The van der Waals surface area contributed by atoms with Gasteiger partial charge in [0.2, 0.25) is 0 Å². The molecule has 1 atom stereocenters. The molecule has 1 aliphatic rings. The largest absolute Gasteiger partial charge is 0.271 e. The van der Waals surface area contributed by atoms with Crippen molar-refractivity contribution in [3.8, 4) is 0 Å². The van der Waals surface area contributed by atoms with Gasteiger partial charge in [0.05, 0.1) is 6.04 Å². The van der Waals surface area contributed by atoms with Gasteiger partial charge >= 0.3 is 0 Å². The molecule has 3 N–H and O–H groups in total. The average Bonchev–Trinajstić information content (AvgIpc) is 2.95. The zero-order valence-corrected chi connectivity index (χ0v) is 14.9. The van der Waals surface area contributed by atoms with Crippen LogP contribution in [0.3, 0.4) is 0 Å². The molecule has 1 aliphatic carbocycles. The second-order valence-corrected chi connectivity index (χ2v) is 7.32. The van der Waals surface area contributed by atoms with E-state index in [0.717, 1.165) is 15.4 Å². The molecule has 0 amide bonds. The van der Waals surface area contributed by atoms with Crippen LogP contribution in [0.4, 0.5) is 0 Å². The van der Waals surface area contributed by atoms with Crippen molar-refractivity contribution in [3.05, 3.63) is 67.6 Å². The number of hydrogen-bond acceptors (Lipinski definition) is 2. The van der Waals surface area contributed by atoms with Gasteiger partial charge in [0, 0.05) is 8.95 Å². The van der Waals surface area contributed by atoms with E-state index in [1.807, 2.05) is 12.1 Å². The fraction of sp³-hybridized carbons (Fsp3) is 0.294. The molecule has 110 valence electrons. The van der Waals surface area contributed by atoms with Crippen molar-refractivity contribution in [2.45, 2.75) is 31.7 Å². The minimum Gasteiger partial charge on any atom is -0.271 e. The Morgan fingerprint density at radius 1 is 1.05 bits per heavy atom. The molecule has 0 radical (unpaired) electrons. The van der Waals surface area contributed by atoms with Crippen LogP contribution in [0, 0.1) is 0 Å². The summed E-state index contributed by atoms with van der Waals surface area (Å²) in [6.07, 6.45) is 4.61. The fourth-order valence-corrected chi connectivity index (χ4v) is 3.93. The second kappa shape index (κ2) is 6.61. The van der Waals surface area contributed by atoms with E-state index in [4.69, 9.17) is 5.84 Å². The van der Waals surface area contributed by atoms with Crippen LogP contribution in [0.2, 0.25) is 0 Å². The first-order valence-corrected chi connectivity index (χ1v) is 8.77. The lowest BCUT2D eigenvalue weighted by molar-refractivity contribution is 0.549. The highest BCUT2D eigenvalue weighted by Gasteiger charge is 2.16. The zero-order chi connectivity index (χ0) is 14.8. The summed E-state index contributed by atoms with van der Waals surface area (Å²) in [6, 6.07) is 13.1. The summed E-state index contributed by atoms with van der Waals surface area (Å²) in [5.74, 6) is 5.80. The lowest BCUT2D eigenvalue weighted by atomic mass is 9.97. The third kappa shape index (κ3) is 3.39. The normalized spacial score (nSPS) is 15.0. The minimum absolute atomic E-state index is 0.0938. The summed E-state index contributed by atoms with van der Waals surface area (Å²) in [6.45, 7) is 0. The molecule has 0 saturated carbocycles. The summed E-state index contributed by atoms with van der Waals surface area (Å²) in [5, 5.41) is 0. The Balaban J connectivity index is 1.86. The van der Waals surface area contributed by atoms with E-state index in [-0.39, 0.29) is 6.04 Å². The number of nitrogens with one attached hydrogen (secondary N) is 1. The van der Waals surface area contributed by atoms with Crippen LogP contribution >= 0.6 is 31.9 Å². The van der Waals surface area contributed by atoms with E-state index in [1.54, 1.807) is 0 Å². The molecule has 4 heteroatoms. The number of fused-ring (bicyclic) bond motifs is 1. The molecule has 0 saturated heterocycles. The van der Waals surface area contributed by atoms with Crippen molar-refractivity contribution >= 4 is 31.9 Å². The van der Waals surface area contributed by atoms with E-state index in [2.05, 4.69) is 61.6 Å². The molecule has 3 rings (SSSR count). The van der Waals surface area contributed by atoms with Gasteiger partial charge in [0.1, 0.15) is 0 Å². The fourth-order valence-electron chi connectivity index (χ4n) is 3.03. The standard InChI is InChI=1S/C17H18Br2N2/c18-14-6-7-16(19)15(10-14)17(21-20)9-11-4-5-12-2-1-3-13(12)8-11/h4-8,10,17,21H,1-3,9,20H2. The van der Waals surface area contributed by atoms with E-state index in [9.17, 15) is 0 Å². The number of aryl methyl sites for hydroxylation is 2. The van der Waals surface area contributed by atoms with Crippen molar-refractivity contribution in [3.63, 3.8) is 0 Å². The highest BCUT2D eigenvalue weighted by Crippen LogP contribution is 2.30. The van der Waals surface area contributed by atoms with E-state index in [1.165, 1.54) is 41.5 Å². The molecule has 2 nitrogen and oxygen atoms in total. The van der Waals surface area contributed by atoms with Crippen LogP contribution < -0.4 is 11.3 Å². The van der Waals surface area contributed by atoms with Crippen molar-refractivity contribution in [2.24, 2.45) is 5.84 Å². The zero-order valence-electron chi connectivity index (χ0n) is 11.7. The maximum absolute atomic E-state index is 5.80. The average molecular weight is 410 g/mol. The van der Waals surface area contributed by atoms with E-state index < -0.39 is 0 Å². The highest BCUT2D eigenvalue weighted by molar-refractivity contribution is 9.11. The third-order valence-corrected chi connectivity index (χ3v) is 5.35. The van der Waals surface area contributed by atoms with Crippen LogP contribution in [-0.4, -0.2) is 0 Å². The molecule has 0 fully saturated rings. The van der Waals surface area contributed by atoms with Crippen LogP contribution in [0.5, 0.6) is 0 Å². The SMILES string of the molecule is NNC(Cc1ccc2c(c1)CCC2)c1cc(Br)ccc1Br. The Morgan fingerprint density at radius 3 is 2.67 bits per heavy atom. The maximum Gasteiger partial charge on any atom is 0.0511 e. The van der Waals surface area contributed by atoms with Crippen molar-refractivity contribution in [1.29, 1.82) is 0 Å². The predicted octanol–water partition coefficient (Wildman–Crippen LogP) is 4.45. The lowest BCUT2D eigenvalue weighted by Gasteiger charge is -2.19. The molecular weight excluding hydrogens is 392 g/mol. The van der Waals surface area contributed by atoms with Gasteiger partial charge in [-0.25, -0.2) is 0 Å². The summed E-state index contributed by atoms with van der Waals surface area (Å²) in [5.41, 5.74) is 8.49. The predicted molar refractivity (Wildman–Crippen MR) is 94.1 cm³/mol. The van der Waals surface area contributed by atoms with Gasteiger partial charge < -0.3 is 0 Å². The maximum atomic E-state index is 5.80. The summed E-state index contributed by atoms with van der Waals surface area (Å²) >= 11 is 7.15. The Bertz CT molecular complexity index is 655. The second-order valence-electron chi connectivity index (χ2n) is 5.55. The van der Waals surface area contributed by atoms with Crippen molar-refractivity contribution in [1.82, 2.24) is 5.43 Å². The molecule has 1 unspecified atom stereocenters.